The Labute approximate surface area is 227 Å². The van der Waals surface area contributed by atoms with Crippen LogP contribution in [0.1, 0.15) is 154 Å². The average Bonchev–Trinajstić information content (AvgIpc) is 2.89. The molecule has 0 aromatic carbocycles. The van der Waals surface area contributed by atoms with Crippen LogP contribution in [-0.4, -0.2) is 52.4 Å². The molecule has 1 aliphatic rings. The Morgan fingerprint density at radius 2 is 0.250 bits per heavy atom. The van der Waals surface area contributed by atoms with E-state index in [0.717, 1.165) is 0 Å². The first kappa shape index (κ1) is 33.9. The molecule has 0 saturated carbocycles. The molecule has 0 unspecified atom stereocenters. The van der Waals surface area contributed by atoms with Crippen molar-refractivity contribution in [3.8, 4) is 0 Å². The van der Waals surface area contributed by atoms with E-state index in [1.54, 1.807) is 0 Å². The molecule has 216 valence electrons. The Kier molecular flexibility index (Phi) is 29.2. The highest BCUT2D eigenvalue weighted by molar-refractivity contribution is 4.56. The molecule has 0 spiro atoms. The van der Waals surface area contributed by atoms with Crippen LogP contribution in [-0.2, 0) is 0 Å². The predicted molar refractivity (Wildman–Crippen MR) is 162 cm³/mol. The fourth-order valence-electron chi connectivity index (χ4n) is 5.33. The summed E-state index contributed by atoms with van der Waals surface area (Å²) in [5.41, 5.74) is 0. The van der Waals surface area contributed by atoms with E-state index in [1.165, 1.54) is 206 Å². The Balaban J connectivity index is 2.00. The second kappa shape index (κ2) is 31.1. The van der Waals surface area contributed by atoms with E-state index in [0.29, 0.717) is 0 Å². The van der Waals surface area contributed by atoms with Crippen LogP contribution in [0.25, 0.3) is 0 Å². The first-order valence-electron chi connectivity index (χ1n) is 16.8. The second-order valence-electron chi connectivity index (χ2n) is 11.5. The molecular weight excluding hydrogens is 440 g/mol. The number of nitrogens with one attached hydrogen (secondary N) is 4. The molecule has 4 nitrogen and oxygen atoms in total. The van der Waals surface area contributed by atoms with Crippen molar-refractivity contribution in [2.45, 2.75) is 154 Å². The summed E-state index contributed by atoms with van der Waals surface area (Å²) in [7, 11) is 0. The number of hydrogen-bond acceptors (Lipinski definition) is 4. The number of rotatable bonds is 0. The molecule has 0 aromatic rings. The average molecular weight is 509 g/mol. The van der Waals surface area contributed by atoms with Crippen LogP contribution in [0.4, 0.5) is 0 Å². The summed E-state index contributed by atoms with van der Waals surface area (Å²) in [4.78, 5) is 0. The van der Waals surface area contributed by atoms with Gasteiger partial charge in [0.15, 0.2) is 0 Å². The van der Waals surface area contributed by atoms with Crippen LogP contribution in [0, 0.1) is 0 Å². The molecule has 0 amide bonds. The van der Waals surface area contributed by atoms with E-state index < -0.39 is 0 Å². The van der Waals surface area contributed by atoms with Gasteiger partial charge in [-0.1, -0.05) is 103 Å². The van der Waals surface area contributed by atoms with Crippen molar-refractivity contribution < 1.29 is 0 Å². The van der Waals surface area contributed by atoms with Gasteiger partial charge in [-0.3, -0.25) is 0 Å². The third-order valence-electron chi connectivity index (χ3n) is 7.83. The molecular formula is C32H68N4. The van der Waals surface area contributed by atoms with Gasteiger partial charge in [0.05, 0.1) is 0 Å². The van der Waals surface area contributed by atoms with Crippen molar-refractivity contribution in [1.29, 1.82) is 0 Å². The van der Waals surface area contributed by atoms with Crippen molar-refractivity contribution in [3.05, 3.63) is 0 Å². The van der Waals surface area contributed by atoms with Gasteiger partial charge in [0.1, 0.15) is 0 Å². The molecule has 4 N–H and O–H groups in total. The summed E-state index contributed by atoms with van der Waals surface area (Å²) < 4.78 is 0. The highest BCUT2D eigenvalue weighted by atomic mass is 14.9. The summed E-state index contributed by atoms with van der Waals surface area (Å²) in [6.45, 7) is 9.81. The maximum absolute atomic E-state index is 3.66. The molecule has 0 radical (unpaired) electrons. The molecule has 1 aliphatic heterocycles. The summed E-state index contributed by atoms with van der Waals surface area (Å²) in [5.74, 6) is 0. The maximum atomic E-state index is 3.66. The molecule has 0 atom stereocenters. The third kappa shape index (κ3) is 28.4. The lowest BCUT2D eigenvalue weighted by Gasteiger charge is -2.07. The molecule has 0 bridgehead atoms. The van der Waals surface area contributed by atoms with Crippen molar-refractivity contribution >= 4 is 0 Å². The minimum Gasteiger partial charge on any atom is -0.317 e. The third-order valence-corrected chi connectivity index (χ3v) is 7.83. The quantitative estimate of drug-likeness (QED) is 0.270. The van der Waals surface area contributed by atoms with Crippen LogP contribution < -0.4 is 21.3 Å². The summed E-state index contributed by atoms with van der Waals surface area (Å²) in [6.07, 6.45) is 33.5. The van der Waals surface area contributed by atoms with Gasteiger partial charge in [0.2, 0.25) is 0 Å². The van der Waals surface area contributed by atoms with Crippen molar-refractivity contribution in [2.24, 2.45) is 0 Å². The molecule has 0 aromatic heterocycles. The van der Waals surface area contributed by atoms with Gasteiger partial charge in [0, 0.05) is 0 Å². The highest BCUT2D eigenvalue weighted by Crippen LogP contribution is 2.08. The van der Waals surface area contributed by atoms with Gasteiger partial charge in [-0.05, 0) is 104 Å². The van der Waals surface area contributed by atoms with E-state index in [9.17, 15) is 0 Å². The molecule has 1 saturated heterocycles. The molecule has 1 heterocycles. The fraction of sp³-hybridized carbons (Fsp3) is 1.00. The van der Waals surface area contributed by atoms with E-state index in [2.05, 4.69) is 21.3 Å². The van der Waals surface area contributed by atoms with E-state index >= 15 is 0 Å². The minimum absolute atomic E-state index is 1.23. The summed E-state index contributed by atoms with van der Waals surface area (Å²) in [5, 5.41) is 14.6. The first-order valence-corrected chi connectivity index (χ1v) is 16.8. The zero-order chi connectivity index (χ0) is 25.5. The van der Waals surface area contributed by atoms with E-state index in [4.69, 9.17) is 0 Å². The van der Waals surface area contributed by atoms with Crippen molar-refractivity contribution in [3.63, 3.8) is 0 Å². The lowest BCUT2D eigenvalue weighted by Crippen LogP contribution is -2.17. The lowest BCUT2D eigenvalue weighted by atomic mass is 10.1. The SMILES string of the molecule is C1CCCCNCCCCCCCCNCCCCCCCCNCCCCCCCCNCCC1. The van der Waals surface area contributed by atoms with Crippen molar-refractivity contribution in [1.82, 2.24) is 21.3 Å². The lowest BCUT2D eigenvalue weighted by molar-refractivity contribution is 0.515. The predicted octanol–water partition coefficient (Wildman–Crippen LogP) is 7.72. The Morgan fingerprint density at radius 1 is 0.139 bits per heavy atom. The van der Waals surface area contributed by atoms with Gasteiger partial charge in [-0.25, -0.2) is 0 Å². The zero-order valence-corrected chi connectivity index (χ0v) is 24.6. The summed E-state index contributed by atoms with van der Waals surface area (Å²) >= 11 is 0. The first-order chi connectivity index (χ1) is 18.0. The Bertz CT molecular complexity index is 204. The topological polar surface area (TPSA) is 48.1 Å². The largest absolute Gasteiger partial charge is 0.317 e. The molecule has 1 fully saturated rings. The van der Waals surface area contributed by atoms with Gasteiger partial charge in [0.25, 0.3) is 0 Å². The molecule has 4 heteroatoms. The number of hydrogen-bond donors (Lipinski definition) is 4. The maximum Gasteiger partial charge on any atom is -0.00489 e. The van der Waals surface area contributed by atoms with Crippen molar-refractivity contribution in [2.75, 3.05) is 52.4 Å². The minimum atomic E-state index is 1.23. The Hall–Kier alpha value is -0.160. The van der Waals surface area contributed by atoms with E-state index in [1.807, 2.05) is 0 Å². The van der Waals surface area contributed by atoms with E-state index in [-0.39, 0.29) is 0 Å². The van der Waals surface area contributed by atoms with Gasteiger partial charge >= 0.3 is 0 Å². The standard InChI is InChI=1S/C32H68N4/c1-2-10-18-26-34-28-20-12-5-6-14-22-30-36-32-24-16-8-7-15-23-31-35-29-21-13-4-3-11-19-27-33-25-17-9-1/h33-36H,1-32H2. The zero-order valence-electron chi connectivity index (χ0n) is 24.6. The molecule has 0 aliphatic carbocycles. The molecule has 36 heavy (non-hydrogen) atoms. The second-order valence-corrected chi connectivity index (χ2v) is 11.5. The van der Waals surface area contributed by atoms with Gasteiger partial charge in [-0.15, -0.1) is 0 Å². The van der Waals surface area contributed by atoms with Crippen LogP contribution in [0.15, 0.2) is 0 Å². The van der Waals surface area contributed by atoms with Crippen LogP contribution in [0.3, 0.4) is 0 Å². The van der Waals surface area contributed by atoms with Crippen LogP contribution in [0.5, 0.6) is 0 Å². The highest BCUT2D eigenvalue weighted by Gasteiger charge is 1.97. The monoisotopic (exact) mass is 509 g/mol. The Morgan fingerprint density at radius 3 is 0.389 bits per heavy atom. The van der Waals surface area contributed by atoms with Crippen LogP contribution >= 0.6 is 0 Å². The van der Waals surface area contributed by atoms with Gasteiger partial charge in [-0.2, -0.15) is 0 Å². The summed E-state index contributed by atoms with van der Waals surface area (Å²) in [6, 6.07) is 0. The normalized spacial score (nSPS) is 24.0. The smallest absolute Gasteiger partial charge is 0.00489 e. The van der Waals surface area contributed by atoms with Crippen LogP contribution in [0.2, 0.25) is 0 Å². The fourth-order valence-corrected chi connectivity index (χ4v) is 5.33. The molecule has 1 rings (SSSR count). The van der Waals surface area contributed by atoms with Gasteiger partial charge < -0.3 is 21.3 Å².